The summed E-state index contributed by atoms with van der Waals surface area (Å²) in [6.45, 7) is 31.9. The molecule has 0 aliphatic rings. The predicted molar refractivity (Wildman–Crippen MR) is 255 cm³/mol. The van der Waals surface area contributed by atoms with E-state index < -0.39 is 0 Å². The molecule has 7 rings (SSSR count). The van der Waals surface area contributed by atoms with E-state index in [4.69, 9.17) is 0 Å². The largest absolute Gasteiger partial charge is 0.309 e. The van der Waals surface area contributed by atoms with E-state index >= 15 is 0 Å². The van der Waals surface area contributed by atoms with Gasteiger partial charge >= 0.3 is 0 Å². The molecule has 2 heteroatoms. The Kier molecular flexibility index (Phi) is 10.9. The molecular weight excluding hydrogens is 701 g/mol. The van der Waals surface area contributed by atoms with Gasteiger partial charge in [-0.05, 0) is 156 Å². The van der Waals surface area contributed by atoms with E-state index in [9.17, 15) is 0 Å². The zero-order valence-electron chi connectivity index (χ0n) is 37.6. The molecule has 58 heavy (non-hydrogen) atoms. The summed E-state index contributed by atoms with van der Waals surface area (Å²) in [4.78, 5) is 5.08. The van der Waals surface area contributed by atoms with E-state index in [1.54, 1.807) is 0 Å². The molecule has 7 aromatic carbocycles. The first-order chi connectivity index (χ1) is 27.3. The van der Waals surface area contributed by atoms with E-state index in [1.807, 2.05) is 0 Å². The molecular formula is C56H64N2. The Hall–Kier alpha value is -5.34. The molecule has 0 aliphatic heterocycles. The SMILES string of the molecule is Cc1cc(C)cc(N(c2ccc(C(C)C)cc2)c2c3ccc(C(C)(C)C)cc3c(N(c3ccc(C(C)C)cc3)c3cc(C)cc(C)c3)c3ccc(C(C)(C)C)cc23)c1. The summed E-state index contributed by atoms with van der Waals surface area (Å²) in [5, 5.41) is 4.92. The molecule has 0 aliphatic carbocycles. The van der Waals surface area contributed by atoms with Crippen LogP contribution in [0.5, 0.6) is 0 Å². The van der Waals surface area contributed by atoms with Gasteiger partial charge in [-0.15, -0.1) is 0 Å². The molecule has 298 valence electrons. The zero-order valence-corrected chi connectivity index (χ0v) is 37.6. The van der Waals surface area contributed by atoms with Gasteiger partial charge in [0, 0.05) is 44.3 Å². The van der Waals surface area contributed by atoms with Crippen molar-refractivity contribution in [2.75, 3.05) is 9.80 Å². The molecule has 0 heterocycles. The molecule has 2 nitrogen and oxygen atoms in total. The van der Waals surface area contributed by atoms with Gasteiger partial charge in [0.15, 0.2) is 0 Å². The molecule has 0 unspecified atom stereocenters. The van der Waals surface area contributed by atoms with Gasteiger partial charge in [0.25, 0.3) is 0 Å². The minimum atomic E-state index is -0.0552. The third-order valence-electron chi connectivity index (χ3n) is 11.8. The smallest absolute Gasteiger partial charge is 0.0620 e. The van der Waals surface area contributed by atoms with Crippen molar-refractivity contribution in [3.8, 4) is 0 Å². The highest BCUT2D eigenvalue weighted by molar-refractivity contribution is 6.23. The van der Waals surface area contributed by atoms with Gasteiger partial charge in [0.1, 0.15) is 0 Å². The number of anilines is 6. The average molecular weight is 765 g/mol. The molecule has 0 saturated carbocycles. The predicted octanol–water partition coefficient (Wildman–Crippen LogP) is 17.0. The van der Waals surface area contributed by atoms with Gasteiger partial charge < -0.3 is 9.80 Å². The molecule has 0 bridgehead atoms. The fraction of sp³-hybridized carbons (Fsp3) is 0.321. The van der Waals surface area contributed by atoms with Gasteiger partial charge in [-0.3, -0.25) is 0 Å². The number of rotatable bonds is 8. The third-order valence-corrected chi connectivity index (χ3v) is 11.8. The molecule has 0 atom stereocenters. The molecule has 0 saturated heterocycles. The molecule has 0 aromatic heterocycles. The maximum atomic E-state index is 2.54. The Morgan fingerprint density at radius 1 is 0.345 bits per heavy atom. The second-order valence-electron chi connectivity index (χ2n) is 19.6. The molecule has 0 fully saturated rings. The summed E-state index contributed by atoms with van der Waals surface area (Å²) >= 11 is 0. The highest BCUT2D eigenvalue weighted by Gasteiger charge is 2.29. The minimum Gasteiger partial charge on any atom is -0.309 e. The first kappa shape index (κ1) is 40.8. The minimum absolute atomic E-state index is 0.0552. The quantitative estimate of drug-likeness (QED) is 0.112. The molecule has 0 amide bonds. The van der Waals surface area contributed by atoms with Crippen molar-refractivity contribution in [3.05, 3.63) is 166 Å². The third kappa shape index (κ3) is 8.04. The van der Waals surface area contributed by atoms with Crippen LogP contribution in [0.4, 0.5) is 34.1 Å². The van der Waals surface area contributed by atoms with E-state index in [1.165, 1.54) is 88.8 Å². The van der Waals surface area contributed by atoms with Crippen LogP contribution in [0.3, 0.4) is 0 Å². The zero-order chi connectivity index (χ0) is 41.8. The van der Waals surface area contributed by atoms with E-state index in [2.05, 4.69) is 228 Å². The van der Waals surface area contributed by atoms with Crippen molar-refractivity contribution in [1.82, 2.24) is 0 Å². The molecule has 0 spiro atoms. The second-order valence-corrected chi connectivity index (χ2v) is 19.6. The van der Waals surface area contributed by atoms with Crippen LogP contribution < -0.4 is 9.80 Å². The lowest BCUT2D eigenvalue weighted by molar-refractivity contribution is 0.590. The Morgan fingerprint density at radius 2 is 0.655 bits per heavy atom. The normalized spacial score (nSPS) is 12.3. The van der Waals surface area contributed by atoms with Gasteiger partial charge in [-0.25, -0.2) is 0 Å². The lowest BCUT2D eigenvalue weighted by atomic mass is 9.82. The number of fused-ring (bicyclic) bond motifs is 2. The number of hydrogen-bond donors (Lipinski definition) is 0. The Balaban J connectivity index is 1.72. The van der Waals surface area contributed by atoms with Gasteiger partial charge in [0.2, 0.25) is 0 Å². The summed E-state index contributed by atoms with van der Waals surface area (Å²) in [7, 11) is 0. The van der Waals surface area contributed by atoms with E-state index in [0.29, 0.717) is 11.8 Å². The Labute approximate surface area is 349 Å². The summed E-state index contributed by atoms with van der Waals surface area (Å²) in [5.74, 6) is 0.890. The fourth-order valence-electron chi connectivity index (χ4n) is 8.59. The first-order valence-corrected chi connectivity index (χ1v) is 21.3. The standard InChI is InChI=1S/C56H64N2/c1-35(2)41-15-21-45(22-16-41)57(47-29-37(5)27-38(6)30-47)53-49-25-19-44(56(12,13)14)34-52(49)54(50-26-20-43(33-51(50)53)55(9,10)11)58(48-31-39(7)28-40(8)32-48)46-23-17-42(18-24-46)36(3)4/h15-36H,1-14H3. The van der Waals surface area contributed by atoms with Crippen LogP contribution >= 0.6 is 0 Å². The van der Waals surface area contributed by atoms with Crippen LogP contribution in [-0.4, -0.2) is 0 Å². The number of hydrogen-bond acceptors (Lipinski definition) is 2. The lowest BCUT2D eigenvalue weighted by Gasteiger charge is -2.34. The van der Waals surface area contributed by atoms with E-state index in [-0.39, 0.29) is 10.8 Å². The molecule has 7 aromatic rings. The topological polar surface area (TPSA) is 6.48 Å². The fourth-order valence-corrected chi connectivity index (χ4v) is 8.59. The van der Waals surface area contributed by atoms with Crippen LogP contribution in [0, 0.1) is 27.7 Å². The summed E-state index contributed by atoms with van der Waals surface area (Å²) in [6.07, 6.45) is 0. The van der Waals surface area contributed by atoms with Crippen LogP contribution in [0.1, 0.15) is 126 Å². The number of nitrogens with zero attached hydrogens (tertiary/aromatic N) is 2. The molecule has 0 radical (unpaired) electrons. The monoisotopic (exact) mass is 765 g/mol. The summed E-state index contributed by atoms with van der Waals surface area (Å²) in [6, 6.07) is 47.1. The van der Waals surface area contributed by atoms with Gasteiger partial charge in [0.05, 0.1) is 11.4 Å². The van der Waals surface area contributed by atoms with Crippen LogP contribution in [-0.2, 0) is 10.8 Å². The van der Waals surface area contributed by atoms with Crippen LogP contribution in [0.2, 0.25) is 0 Å². The average Bonchev–Trinajstić information content (AvgIpc) is 3.14. The van der Waals surface area contributed by atoms with Crippen LogP contribution in [0.25, 0.3) is 21.5 Å². The van der Waals surface area contributed by atoms with Crippen LogP contribution in [0.15, 0.2) is 121 Å². The van der Waals surface area contributed by atoms with Crippen molar-refractivity contribution >= 4 is 55.7 Å². The summed E-state index contributed by atoms with van der Waals surface area (Å²) in [5.41, 5.74) is 17.3. The first-order valence-electron chi connectivity index (χ1n) is 21.3. The number of aryl methyl sites for hydroxylation is 4. The Bertz CT molecular complexity index is 2380. The second kappa shape index (κ2) is 15.4. The maximum absolute atomic E-state index is 2.54. The summed E-state index contributed by atoms with van der Waals surface area (Å²) < 4.78 is 0. The Morgan fingerprint density at radius 3 is 0.931 bits per heavy atom. The highest BCUT2D eigenvalue weighted by Crippen LogP contribution is 2.53. The van der Waals surface area contributed by atoms with Crippen molar-refractivity contribution in [2.45, 2.75) is 120 Å². The lowest BCUT2D eigenvalue weighted by Crippen LogP contribution is -2.17. The molecule has 0 N–H and O–H groups in total. The van der Waals surface area contributed by atoms with Crippen molar-refractivity contribution in [1.29, 1.82) is 0 Å². The van der Waals surface area contributed by atoms with Crippen molar-refractivity contribution in [3.63, 3.8) is 0 Å². The van der Waals surface area contributed by atoms with Crippen molar-refractivity contribution < 1.29 is 0 Å². The highest BCUT2D eigenvalue weighted by atomic mass is 15.2. The maximum Gasteiger partial charge on any atom is 0.0620 e. The van der Waals surface area contributed by atoms with Gasteiger partial charge in [-0.2, -0.15) is 0 Å². The van der Waals surface area contributed by atoms with Crippen molar-refractivity contribution in [2.24, 2.45) is 0 Å². The van der Waals surface area contributed by atoms with E-state index in [0.717, 1.165) is 11.4 Å². The van der Waals surface area contributed by atoms with Gasteiger partial charge in [-0.1, -0.05) is 130 Å². The number of benzene rings is 7.